The number of anilines is 6. The molecule has 0 saturated carbocycles. The Morgan fingerprint density at radius 1 is 0.375 bits per heavy atom. The summed E-state index contributed by atoms with van der Waals surface area (Å²) in [5, 5.41) is 11.5. The Bertz CT molecular complexity index is 2010. The molecule has 0 amide bonds. The van der Waals surface area contributed by atoms with Crippen molar-refractivity contribution in [2.75, 3.05) is 16.0 Å². The molecule has 0 radical (unpaired) electrons. The van der Waals surface area contributed by atoms with Gasteiger partial charge in [0, 0.05) is 47.3 Å². The molecule has 0 saturated heterocycles. The standard InChI is InChI=1S/C12H5Br2Cl2NS.C12H7Br2NS.C12H9NS/c13-5-1-7(15)11-9(3-5)18-10-4-6(14)2-8(16)12(10)17-11;13-7-1-3-9-11(5-7)16-12-6-8(14)2-4-10(12)15-9;1-3-7-11-9(5-1)13-10-6-2-4-8-12(10)14-11/h1-4,17H;1-6,15H;1-8,13H. The van der Waals surface area contributed by atoms with Crippen molar-refractivity contribution >= 4 is 156 Å². The van der Waals surface area contributed by atoms with Crippen molar-refractivity contribution < 1.29 is 0 Å². The minimum atomic E-state index is 0.677. The lowest BCUT2D eigenvalue weighted by molar-refractivity contribution is 1.30. The lowest BCUT2D eigenvalue weighted by atomic mass is 10.2. The molecule has 0 unspecified atom stereocenters. The highest BCUT2D eigenvalue weighted by molar-refractivity contribution is 9.11. The summed E-state index contributed by atoms with van der Waals surface area (Å²) >= 11 is 31.6. The number of halogens is 6. The van der Waals surface area contributed by atoms with Crippen LogP contribution in [-0.2, 0) is 0 Å². The predicted octanol–water partition coefficient (Wildman–Crippen LogP) is 16.0. The molecule has 0 fully saturated rings. The Morgan fingerprint density at radius 3 is 1.23 bits per heavy atom. The summed E-state index contributed by atoms with van der Waals surface area (Å²) in [7, 11) is 0. The summed E-state index contributed by atoms with van der Waals surface area (Å²) in [4.78, 5) is 7.25. The van der Waals surface area contributed by atoms with Gasteiger partial charge in [-0.05, 0) is 84.9 Å². The van der Waals surface area contributed by atoms with Crippen molar-refractivity contribution in [3.8, 4) is 0 Å². The van der Waals surface area contributed by atoms with E-state index in [9.17, 15) is 0 Å². The van der Waals surface area contributed by atoms with Crippen LogP contribution in [-0.4, -0.2) is 0 Å². The highest BCUT2D eigenvalue weighted by atomic mass is 79.9. The van der Waals surface area contributed by atoms with Crippen LogP contribution >= 0.6 is 122 Å². The molecular formula is C36H21Br4Cl2N3S3. The second-order valence-electron chi connectivity index (χ2n) is 10.5. The molecule has 6 aromatic rings. The number of para-hydroxylation sites is 2. The molecule has 0 spiro atoms. The van der Waals surface area contributed by atoms with Crippen molar-refractivity contribution in [2.24, 2.45) is 0 Å². The Hall–Kier alpha value is -1.73. The van der Waals surface area contributed by atoms with Gasteiger partial charge in [-0.15, -0.1) is 0 Å². The molecular weight excluding hydrogens is 961 g/mol. The van der Waals surface area contributed by atoms with Crippen LogP contribution in [0.15, 0.2) is 156 Å². The second kappa shape index (κ2) is 15.3. The Kier molecular flexibility index (Phi) is 11.0. The van der Waals surface area contributed by atoms with E-state index in [0.29, 0.717) is 10.0 Å². The van der Waals surface area contributed by atoms with E-state index >= 15 is 0 Å². The van der Waals surface area contributed by atoms with E-state index < -0.39 is 0 Å². The van der Waals surface area contributed by atoms with Gasteiger partial charge in [0.05, 0.1) is 44.2 Å². The largest absolute Gasteiger partial charge is 0.354 e. The zero-order valence-electron chi connectivity index (χ0n) is 24.4. The van der Waals surface area contributed by atoms with Crippen molar-refractivity contribution in [1.29, 1.82) is 0 Å². The molecule has 3 heterocycles. The first kappa shape index (κ1) is 34.7. The quantitative estimate of drug-likeness (QED) is 0.141. The first-order valence-electron chi connectivity index (χ1n) is 14.3. The zero-order chi connectivity index (χ0) is 33.4. The first-order valence-corrected chi connectivity index (χ1v) is 20.7. The summed E-state index contributed by atoms with van der Waals surface area (Å²) in [6.07, 6.45) is 0. The number of fused-ring (bicyclic) bond motifs is 6. The van der Waals surface area contributed by atoms with Gasteiger partial charge in [-0.3, -0.25) is 0 Å². The van der Waals surface area contributed by atoms with Crippen LogP contribution in [0.4, 0.5) is 34.1 Å². The van der Waals surface area contributed by atoms with Crippen LogP contribution in [0.3, 0.4) is 0 Å². The van der Waals surface area contributed by atoms with Crippen LogP contribution < -0.4 is 16.0 Å². The highest BCUT2D eigenvalue weighted by Crippen LogP contribution is 2.51. The first-order chi connectivity index (χ1) is 23.2. The third-order valence-corrected chi connectivity index (χ3v) is 13.0. The summed E-state index contributed by atoms with van der Waals surface area (Å²) in [5.74, 6) is 0. The summed E-state index contributed by atoms with van der Waals surface area (Å²) in [6.45, 7) is 0. The summed E-state index contributed by atoms with van der Waals surface area (Å²) < 4.78 is 4.15. The molecule has 240 valence electrons. The van der Waals surface area contributed by atoms with Gasteiger partial charge < -0.3 is 16.0 Å². The maximum absolute atomic E-state index is 6.24. The zero-order valence-corrected chi connectivity index (χ0v) is 34.7. The molecule has 12 heteroatoms. The van der Waals surface area contributed by atoms with Gasteiger partial charge in [-0.1, -0.05) is 146 Å². The maximum Gasteiger partial charge on any atom is 0.0716 e. The lowest BCUT2D eigenvalue weighted by Gasteiger charge is -2.23. The predicted molar refractivity (Wildman–Crippen MR) is 222 cm³/mol. The molecule has 6 aromatic carbocycles. The molecule has 48 heavy (non-hydrogen) atoms. The third-order valence-electron chi connectivity index (χ3n) is 7.15. The Labute approximate surface area is 335 Å². The number of hydrogen-bond donors (Lipinski definition) is 3. The highest BCUT2D eigenvalue weighted by Gasteiger charge is 2.21. The minimum Gasteiger partial charge on any atom is -0.354 e. The number of hydrogen-bond acceptors (Lipinski definition) is 6. The van der Waals surface area contributed by atoms with E-state index in [0.717, 1.165) is 39.1 Å². The van der Waals surface area contributed by atoms with Gasteiger partial charge in [0.1, 0.15) is 0 Å². The van der Waals surface area contributed by atoms with Crippen molar-refractivity contribution in [3.05, 3.63) is 137 Å². The van der Waals surface area contributed by atoms with Crippen LogP contribution in [0.2, 0.25) is 10.0 Å². The van der Waals surface area contributed by atoms with Crippen LogP contribution in [0.5, 0.6) is 0 Å². The second-order valence-corrected chi connectivity index (χ2v) is 18.2. The fourth-order valence-electron chi connectivity index (χ4n) is 4.96. The average molecular weight is 982 g/mol. The monoisotopic (exact) mass is 977 g/mol. The van der Waals surface area contributed by atoms with E-state index in [-0.39, 0.29) is 0 Å². The summed E-state index contributed by atoms with van der Waals surface area (Å²) in [6, 6.07) is 37.1. The van der Waals surface area contributed by atoms with Crippen LogP contribution in [0.1, 0.15) is 0 Å². The molecule has 3 nitrogen and oxygen atoms in total. The van der Waals surface area contributed by atoms with Crippen molar-refractivity contribution in [3.63, 3.8) is 0 Å². The van der Waals surface area contributed by atoms with Gasteiger partial charge in [0.2, 0.25) is 0 Å². The Balaban J connectivity index is 0.000000115. The van der Waals surface area contributed by atoms with Crippen LogP contribution in [0.25, 0.3) is 0 Å². The Morgan fingerprint density at radius 2 is 0.750 bits per heavy atom. The molecule has 9 rings (SSSR count). The van der Waals surface area contributed by atoms with E-state index in [4.69, 9.17) is 23.2 Å². The normalized spacial score (nSPS) is 12.6. The van der Waals surface area contributed by atoms with Gasteiger partial charge in [0.25, 0.3) is 0 Å². The third kappa shape index (κ3) is 7.92. The van der Waals surface area contributed by atoms with Gasteiger partial charge in [-0.25, -0.2) is 0 Å². The minimum absolute atomic E-state index is 0.677. The van der Waals surface area contributed by atoms with E-state index in [2.05, 4.69) is 165 Å². The molecule has 0 aliphatic carbocycles. The fraction of sp³-hybridized carbons (Fsp3) is 0. The SMILES string of the molecule is Brc1ccc2c(c1)Sc1cc(Br)ccc1N2.Clc1cc(Br)cc2c1Nc1c(Cl)cc(Br)cc1S2.c1ccc2c(c1)Nc1ccccc1S2. The van der Waals surface area contributed by atoms with E-state index in [1.54, 1.807) is 23.5 Å². The molecule has 3 N–H and O–H groups in total. The number of benzene rings is 6. The maximum atomic E-state index is 6.24. The lowest BCUT2D eigenvalue weighted by Crippen LogP contribution is -2.01. The number of nitrogens with one attached hydrogen (secondary N) is 3. The van der Waals surface area contributed by atoms with Crippen LogP contribution in [0, 0.1) is 0 Å². The topological polar surface area (TPSA) is 36.1 Å². The smallest absolute Gasteiger partial charge is 0.0716 e. The van der Waals surface area contributed by atoms with Gasteiger partial charge in [-0.2, -0.15) is 0 Å². The molecule has 0 bridgehead atoms. The fourth-order valence-corrected chi connectivity index (χ4v) is 11.3. The molecule has 0 aromatic heterocycles. The molecule has 3 aliphatic rings. The number of rotatable bonds is 0. The van der Waals surface area contributed by atoms with Gasteiger partial charge in [0.15, 0.2) is 0 Å². The van der Waals surface area contributed by atoms with E-state index in [1.165, 1.54) is 42.3 Å². The van der Waals surface area contributed by atoms with Crippen molar-refractivity contribution in [1.82, 2.24) is 0 Å². The summed E-state index contributed by atoms with van der Waals surface area (Å²) in [5.41, 5.74) is 6.56. The molecule has 0 atom stereocenters. The molecule has 3 aliphatic heterocycles. The van der Waals surface area contributed by atoms with Crippen molar-refractivity contribution in [2.45, 2.75) is 29.4 Å². The van der Waals surface area contributed by atoms with E-state index in [1.807, 2.05) is 36.0 Å². The average Bonchev–Trinajstić information content (AvgIpc) is 3.06. The van der Waals surface area contributed by atoms with Gasteiger partial charge >= 0.3 is 0 Å².